The molecular formula is C15H24N3O4Y-. The van der Waals surface area contributed by atoms with Crippen LogP contribution in [0.1, 0.15) is 48.0 Å². The molecule has 0 saturated carbocycles. The maximum Gasteiger partial charge on any atom is 0.408 e. The van der Waals surface area contributed by atoms with Gasteiger partial charge < -0.3 is 14.8 Å². The summed E-state index contributed by atoms with van der Waals surface area (Å²) >= 11 is 0. The van der Waals surface area contributed by atoms with Gasteiger partial charge >= 0.3 is 6.09 Å². The number of ether oxygens (including phenoxy) is 1. The smallest absolute Gasteiger partial charge is 0.408 e. The number of nitrogens with zero attached hydrogens (tertiary/aromatic N) is 2. The summed E-state index contributed by atoms with van der Waals surface area (Å²) in [4.78, 5) is 36.1. The number of hydrazine groups is 1. The van der Waals surface area contributed by atoms with Gasteiger partial charge in [-0.25, -0.2) is 16.1 Å². The summed E-state index contributed by atoms with van der Waals surface area (Å²) in [5.74, 6) is -0.312. The summed E-state index contributed by atoms with van der Waals surface area (Å²) in [6.45, 7) is 10.9. The molecule has 2 aliphatic heterocycles. The van der Waals surface area contributed by atoms with Crippen LogP contribution in [0.3, 0.4) is 0 Å². The summed E-state index contributed by atoms with van der Waals surface area (Å²) in [7, 11) is 0. The SMILES string of the molecule is CC1CC(C)([C-]=O)N2C(=O)C(C)(NC(=O)OC(C)(C)C)CN12.[Y]. The molecule has 1 N–H and O–H groups in total. The molecule has 8 heteroatoms. The van der Waals surface area contributed by atoms with Crippen LogP contribution >= 0.6 is 0 Å². The topological polar surface area (TPSA) is 79.0 Å². The normalized spacial score (nSPS) is 33.9. The minimum Gasteiger partial charge on any atom is -0.540 e. The molecule has 23 heavy (non-hydrogen) atoms. The minimum atomic E-state index is -1.12. The van der Waals surface area contributed by atoms with E-state index in [0.717, 1.165) is 0 Å². The summed E-state index contributed by atoms with van der Waals surface area (Å²) in [6, 6.07) is 0.0256. The average molecular weight is 399 g/mol. The number of hydrogen-bond donors (Lipinski definition) is 1. The second-order valence-corrected chi connectivity index (χ2v) is 7.60. The van der Waals surface area contributed by atoms with Crippen LogP contribution in [0.5, 0.6) is 0 Å². The Balaban J connectivity index is 0.00000264. The van der Waals surface area contributed by atoms with Gasteiger partial charge in [-0.05, 0) is 46.6 Å². The van der Waals surface area contributed by atoms with Crippen LogP contribution in [-0.2, 0) is 47.0 Å². The predicted octanol–water partition coefficient (Wildman–Crippen LogP) is 0.987. The minimum absolute atomic E-state index is 0. The Morgan fingerprint density at radius 3 is 2.43 bits per heavy atom. The van der Waals surface area contributed by atoms with Crippen LogP contribution in [0.25, 0.3) is 0 Å². The quantitative estimate of drug-likeness (QED) is 0.701. The number of alkyl carbamates (subject to hydrolysis) is 1. The zero-order valence-electron chi connectivity index (χ0n) is 14.6. The van der Waals surface area contributed by atoms with Gasteiger partial charge in [0.25, 0.3) is 5.91 Å². The summed E-state index contributed by atoms with van der Waals surface area (Å²) < 4.78 is 5.22. The summed E-state index contributed by atoms with van der Waals surface area (Å²) in [5.41, 5.74) is -2.74. The van der Waals surface area contributed by atoms with Crippen LogP contribution in [0.4, 0.5) is 4.79 Å². The molecule has 2 aliphatic rings. The van der Waals surface area contributed by atoms with Crippen molar-refractivity contribution in [3.8, 4) is 0 Å². The molecule has 3 atom stereocenters. The Hall–Kier alpha value is -0.526. The zero-order chi connectivity index (χ0) is 16.9. The molecule has 2 saturated heterocycles. The second kappa shape index (κ2) is 6.41. The Kier molecular flexibility index (Phi) is 5.72. The van der Waals surface area contributed by atoms with Crippen molar-refractivity contribution in [1.82, 2.24) is 15.3 Å². The van der Waals surface area contributed by atoms with Crippen molar-refractivity contribution in [2.45, 2.75) is 70.7 Å². The first-order valence-corrected chi connectivity index (χ1v) is 7.43. The first-order chi connectivity index (χ1) is 9.92. The fraction of sp³-hybridized carbons (Fsp3) is 0.800. The van der Waals surface area contributed by atoms with Crippen molar-refractivity contribution in [1.29, 1.82) is 0 Å². The molecule has 0 aliphatic carbocycles. The first-order valence-electron chi connectivity index (χ1n) is 7.43. The van der Waals surface area contributed by atoms with Gasteiger partial charge in [-0.15, -0.1) is 0 Å². The molecule has 0 aromatic carbocycles. The zero-order valence-corrected chi connectivity index (χ0v) is 17.4. The molecule has 0 bridgehead atoms. The van der Waals surface area contributed by atoms with E-state index in [2.05, 4.69) is 5.32 Å². The fourth-order valence-electron chi connectivity index (χ4n) is 3.15. The van der Waals surface area contributed by atoms with E-state index >= 15 is 0 Å². The molecule has 0 aromatic heterocycles. The third-order valence-corrected chi connectivity index (χ3v) is 4.07. The Morgan fingerprint density at radius 1 is 1.39 bits per heavy atom. The third kappa shape index (κ3) is 3.77. The Labute approximate surface area is 162 Å². The maximum absolute atomic E-state index is 12.8. The van der Waals surface area contributed by atoms with E-state index in [1.165, 1.54) is 5.01 Å². The van der Waals surface area contributed by atoms with Crippen molar-refractivity contribution < 1.29 is 51.8 Å². The predicted molar refractivity (Wildman–Crippen MR) is 79.5 cm³/mol. The number of carbonyl (C=O) groups excluding carboxylic acids is 3. The summed E-state index contributed by atoms with van der Waals surface area (Å²) in [5, 5.41) is 5.91. The van der Waals surface area contributed by atoms with Crippen molar-refractivity contribution in [2.24, 2.45) is 0 Å². The van der Waals surface area contributed by atoms with Gasteiger partial charge in [-0.2, -0.15) is 0 Å². The van der Waals surface area contributed by atoms with Gasteiger partial charge in [0.1, 0.15) is 11.1 Å². The standard InChI is InChI=1S/C15H24N3O4.Y/c1-10-7-14(5,9-19)18-11(20)15(6,8-17(10)18)16-12(21)22-13(2,3)4;/h10H,7-8H2,1-6H3,(H,16,21);/q-1;. The fourth-order valence-corrected chi connectivity index (χ4v) is 3.15. The van der Waals surface area contributed by atoms with E-state index in [-0.39, 0.29) is 44.7 Å². The molecule has 2 fully saturated rings. The molecule has 2 amide bonds. The Morgan fingerprint density at radius 2 is 1.96 bits per heavy atom. The van der Waals surface area contributed by atoms with E-state index in [9.17, 15) is 14.4 Å². The van der Waals surface area contributed by atoms with Gasteiger partial charge in [0.2, 0.25) is 0 Å². The Bertz CT molecular complexity index is 521. The van der Waals surface area contributed by atoms with E-state index < -0.39 is 22.8 Å². The molecule has 0 aromatic rings. The van der Waals surface area contributed by atoms with Gasteiger partial charge in [0, 0.05) is 38.8 Å². The van der Waals surface area contributed by atoms with Crippen LogP contribution in [-0.4, -0.2) is 57.6 Å². The summed E-state index contributed by atoms with van der Waals surface area (Å²) in [6.07, 6.45) is 1.86. The number of amides is 2. The van der Waals surface area contributed by atoms with Gasteiger partial charge in [-0.3, -0.25) is 9.80 Å². The molecule has 7 nitrogen and oxygen atoms in total. The number of hydrogen-bond acceptors (Lipinski definition) is 5. The molecule has 2 heterocycles. The van der Waals surface area contributed by atoms with E-state index in [1.807, 2.05) is 18.2 Å². The monoisotopic (exact) mass is 399 g/mol. The van der Waals surface area contributed by atoms with Crippen molar-refractivity contribution in [3.63, 3.8) is 0 Å². The van der Waals surface area contributed by atoms with E-state index in [1.54, 1.807) is 34.6 Å². The van der Waals surface area contributed by atoms with Gasteiger partial charge in [0.05, 0.1) is 6.54 Å². The van der Waals surface area contributed by atoms with E-state index in [0.29, 0.717) is 13.0 Å². The van der Waals surface area contributed by atoms with Gasteiger partial charge in [0.15, 0.2) is 0 Å². The largest absolute Gasteiger partial charge is 0.540 e. The molecule has 2 rings (SSSR count). The third-order valence-electron chi connectivity index (χ3n) is 4.07. The number of rotatable bonds is 2. The van der Waals surface area contributed by atoms with Crippen LogP contribution in [0, 0.1) is 0 Å². The van der Waals surface area contributed by atoms with Gasteiger partial charge in [-0.1, -0.05) is 6.92 Å². The number of nitrogens with one attached hydrogen (secondary N) is 1. The van der Waals surface area contributed by atoms with E-state index in [4.69, 9.17) is 4.74 Å². The second-order valence-electron chi connectivity index (χ2n) is 7.60. The molecule has 3 unspecified atom stereocenters. The first kappa shape index (κ1) is 20.5. The average Bonchev–Trinajstić information content (AvgIpc) is 2.72. The van der Waals surface area contributed by atoms with Crippen molar-refractivity contribution in [2.75, 3.05) is 6.54 Å². The molecule has 1 radical (unpaired) electrons. The van der Waals surface area contributed by atoms with Crippen LogP contribution in [0.15, 0.2) is 0 Å². The van der Waals surface area contributed by atoms with Crippen molar-refractivity contribution in [3.05, 3.63) is 0 Å². The van der Waals surface area contributed by atoms with Crippen molar-refractivity contribution >= 4 is 18.3 Å². The molecular weight excluding hydrogens is 375 g/mol. The number of carbonyl (C=O) groups is 2. The molecule has 127 valence electrons. The van der Waals surface area contributed by atoms with Crippen LogP contribution in [0.2, 0.25) is 0 Å². The number of fused-ring (bicyclic) bond motifs is 1. The maximum atomic E-state index is 12.8. The van der Waals surface area contributed by atoms with Crippen LogP contribution < -0.4 is 5.32 Å². The molecule has 0 spiro atoms.